The van der Waals surface area contributed by atoms with Crippen LogP contribution in [-0.4, -0.2) is 56.5 Å². The van der Waals surface area contributed by atoms with Gasteiger partial charge in [0.2, 0.25) is 0 Å². The van der Waals surface area contributed by atoms with E-state index in [0.29, 0.717) is 23.3 Å². The highest BCUT2D eigenvalue weighted by Gasteiger charge is 2.53. The summed E-state index contributed by atoms with van der Waals surface area (Å²) >= 11 is 0. The summed E-state index contributed by atoms with van der Waals surface area (Å²) in [5.74, 6) is 1.33. The number of hydrogen-bond donors (Lipinski definition) is 1. The summed E-state index contributed by atoms with van der Waals surface area (Å²) in [5, 5.41) is 3.91. The van der Waals surface area contributed by atoms with Crippen molar-refractivity contribution in [3.63, 3.8) is 0 Å². The minimum Gasteiger partial charge on any atom is -0.311 e. The molecule has 0 radical (unpaired) electrons. The second-order valence-electron chi connectivity index (χ2n) is 9.50. The van der Waals surface area contributed by atoms with Crippen LogP contribution in [0.3, 0.4) is 0 Å². The number of hydrogen-bond acceptors (Lipinski definition) is 4. The topological polar surface area (TPSA) is 49.4 Å². The van der Waals surface area contributed by atoms with Gasteiger partial charge in [-0.3, -0.25) is 0 Å². The molecule has 1 spiro atoms. The van der Waals surface area contributed by atoms with Gasteiger partial charge in [0.25, 0.3) is 0 Å². The molecule has 1 heterocycles. The SMILES string of the molecule is CC/C(=C\c1ccccc1)[C@@H]1C[C@H]1NC1CC2(C1)CN(CCCS(=O)(=O)CC)C2. The van der Waals surface area contributed by atoms with Gasteiger partial charge in [-0.25, -0.2) is 8.42 Å². The first-order valence-corrected chi connectivity index (χ1v) is 13.2. The van der Waals surface area contributed by atoms with Crippen LogP contribution in [0.2, 0.25) is 0 Å². The molecule has 3 fully saturated rings. The Balaban J connectivity index is 1.15. The third-order valence-electron chi connectivity index (χ3n) is 7.12. The summed E-state index contributed by atoms with van der Waals surface area (Å²) in [6.45, 7) is 7.28. The Hall–Kier alpha value is -1.17. The molecule has 4 nitrogen and oxygen atoms in total. The molecule has 1 N–H and O–H groups in total. The van der Waals surface area contributed by atoms with Crippen molar-refractivity contribution in [3.05, 3.63) is 41.5 Å². The molecule has 0 unspecified atom stereocenters. The number of nitrogens with one attached hydrogen (secondary N) is 1. The molecular weight excluding hydrogens is 380 g/mol. The zero-order chi connectivity index (χ0) is 20.5. The van der Waals surface area contributed by atoms with E-state index in [1.165, 1.54) is 37.9 Å². The van der Waals surface area contributed by atoms with Gasteiger partial charge in [0.05, 0.1) is 5.75 Å². The van der Waals surface area contributed by atoms with Crippen molar-refractivity contribution >= 4 is 15.9 Å². The van der Waals surface area contributed by atoms with Crippen LogP contribution in [0.4, 0.5) is 0 Å². The van der Waals surface area contributed by atoms with Gasteiger partial charge in [-0.15, -0.1) is 0 Å². The lowest BCUT2D eigenvalue weighted by Gasteiger charge is -2.59. The van der Waals surface area contributed by atoms with Crippen LogP contribution in [0.25, 0.3) is 6.08 Å². The molecule has 160 valence electrons. The largest absolute Gasteiger partial charge is 0.311 e. The van der Waals surface area contributed by atoms with Crippen molar-refractivity contribution in [3.8, 4) is 0 Å². The predicted molar refractivity (Wildman–Crippen MR) is 121 cm³/mol. The summed E-state index contributed by atoms with van der Waals surface area (Å²) in [4.78, 5) is 2.44. The zero-order valence-corrected chi connectivity index (χ0v) is 18.8. The van der Waals surface area contributed by atoms with Gasteiger partial charge in [-0.05, 0) is 55.5 Å². The van der Waals surface area contributed by atoms with E-state index in [0.717, 1.165) is 25.3 Å². The monoisotopic (exact) mass is 416 g/mol. The summed E-state index contributed by atoms with van der Waals surface area (Å²) in [5.41, 5.74) is 3.43. The zero-order valence-electron chi connectivity index (χ0n) is 17.9. The number of rotatable bonds is 10. The summed E-state index contributed by atoms with van der Waals surface area (Å²) in [6, 6.07) is 12.0. The van der Waals surface area contributed by atoms with Gasteiger partial charge >= 0.3 is 0 Å². The van der Waals surface area contributed by atoms with E-state index in [1.54, 1.807) is 12.5 Å². The number of benzene rings is 1. The predicted octanol–water partition coefficient (Wildman–Crippen LogP) is 3.75. The summed E-state index contributed by atoms with van der Waals surface area (Å²) < 4.78 is 23.2. The maximum absolute atomic E-state index is 11.6. The molecule has 3 aliphatic rings. The second-order valence-corrected chi connectivity index (χ2v) is 12.0. The molecule has 5 heteroatoms. The van der Waals surface area contributed by atoms with E-state index in [2.05, 4.69) is 53.5 Å². The highest BCUT2D eigenvalue weighted by Crippen LogP contribution is 2.50. The van der Waals surface area contributed by atoms with Gasteiger partial charge in [0, 0.05) is 30.9 Å². The van der Waals surface area contributed by atoms with Crippen LogP contribution in [0.5, 0.6) is 0 Å². The fourth-order valence-electron chi connectivity index (χ4n) is 5.40. The lowest BCUT2D eigenvalue weighted by atomic mass is 9.60. The van der Waals surface area contributed by atoms with E-state index < -0.39 is 9.84 Å². The molecule has 1 aromatic carbocycles. The third-order valence-corrected chi connectivity index (χ3v) is 8.91. The fourth-order valence-corrected chi connectivity index (χ4v) is 6.26. The van der Waals surface area contributed by atoms with Gasteiger partial charge in [0.15, 0.2) is 0 Å². The van der Waals surface area contributed by atoms with E-state index in [1.807, 2.05) is 0 Å². The average molecular weight is 417 g/mol. The Labute approximate surface area is 176 Å². The first-order valence-electron chi connectivity index (χ1n) is 11.4. The molecule has 4 rings (SSSR count). The van der Waals surface area contributed by atoms with E-state index in [4.69, 9.17) is 0 Å². The highest BCUT2D eigenvalue weighted by atomic mass is 32.2. The lowest BCUT2D eigenvalue weighted by Crippen LogP contribution is -2.66. The van der Waals surface area contributed by atoms with E-state index >= 15 is 0 Å². The van der Waals surface area contributed by atoms with Crippen molar-refractivity contribution in [1.29, 1.82) is 0 Å². The number of sulfone groups is 1. The van der Waals surface area contributed by atoms with Crippen molar-refractivity contribution in [2.24, 2.45) is 11.3 Å². The summed E-state index contributed by atoms with van der Waals surface area (Å²) in [6.07, 6.45) is 8.18. The van der Waals surface area contributed by atoms with Crippen molar-refractivity contribution in [2.45, 2.75) is 58.0 Å². The number of nitrogens with zero attached hydrogens (tertiary/aromatic N) is 1. The molecule has 2 aliphatic carbocycles. The quantitative estimate of drug-likeness (QED) is 0.631. The van der Waals surface area contributed by atoms with Crippen LogP contribution >= 0.6 is 0 Å². The third kappa shape index (κ3) is 5.12. The number of likely N-dealkylation sites (tertiary alicyclic amines) is 1. The van der Waals surface area contributed by atoms with Gasteiger partial charge in [-0.1, -0.05) is 55.8 Å². The lowest BCUT2D eigenvalue weighted by molar-refractivity contribution is -0.0785. The summed E-state index contributed by atoms with van der Waals surface area (Å²) in [7, 11) is -2.81. The molecule has 0 amide bonds. The first kappa shape index (κ1) is 21.1. The standard InChI is InChI=1S/C24H36N2O2S/c1-3-20(13-19-9-6-5-7-10-19)22-14-23(22)25-21-15-24(16-21)17-26(18-24)11-8-12-29(27,28)4-2/h5-7,9-10,13,21-23,25H,3-4,8,11-12,14-18H2,1-2H3/b20-13+/t22-,23+/m0/s1. The molecule has 2 atom stereocenters. The van der Waals surface area contributed by atoms with Gasteiger partial charge in [0.1, 0.15) is 9.84 Å². The normalized spacial score (nSPS) is 26.9. The molecule has 0 aromatic heterocycles. The smallest absolute Gasteiger partial charge is 0.150 e. The molecular formula is C24H36N2O2S. The Kier molecular flexibility index (Phi) is 6.19. The Morgan fingerprint density at radius 2 is 1.93 bits per heavy atom. The second kappa shape index (κ2) is 8.52. The maximum Gasteiger partial charge on any atom is 0.150 e. The molecule has 1 saturated heterocycles. The minimum absolute atomic E-state index is 0.271. The van der Waals surface area contributed by atoms with E-state index in [9.17, 15) is 8.42 Å². The average Bonchev–Trinajstić information content (AvgIpc) is 3.42. The van der Waals surface area contributed by atoms with Crippen LogP contribution in [0, 0.1) is 11.3 Å². The Bertz CT molecular complexity index is 820. The molecule has 1 aromatic rings. The van der Waals surface area contributed by atoms with Crippen molar-refractivity contribution < 1.29 is 8.42 Å². The molecule has 2 saturated carbocycles. The van der Waals surface area contributed by atoms with Crippen LogP contribution in [0.15, 0.2) is 35.9 Å². The Morgan fingerprint density at radius 3 is 2.59 bits per heavy atom. The maximum atomic E-state index is 11.6. The molecule has 1 aliphatic heterocycles. The van der Waals surface area contributed by atoms with Crippen molar-refractivity contribution in [1.82, 2.24) is 10.2 Å². The molecule has 29 heavy (non-hydrogen) atoms. The Morgan fingerprint density at radius 1 is 1.21 bits per heavy atom. The van der Waals surface area contributed by atoms with E-state index in [-0.39, 0.29) is 5.75 Å². The van der Waals surface area contributed by atoms with Gasteiger partial charge in [-0.2, -0.15) is 0 Å². The van der Waals surface area contributed by atoms with Crippen molar-refractivity contribution in [2.75, 3.05) is 31.1 Å². The molecule has 0 bridgehead atoms. The van der Waals surface area contributed by atoms with Crippen LogP contribution in [-0.2, 0) is 9.84 Å². The first-order chi connectivity index (χ1) is 13.9. The fraction of sp³-hybridized carbons (Fsp3) is 0.667. The van der Waals surface area contributed by atoms with Crippen LogP contribution < -0.4 is 5.32 Å². The minimum atomic E-state index is -2.81. The highest BCUT2D eigenvalue weighted by molar-refractivity contribution is 7.91. The van der Waals surface area contributed by atoms with Gasteiger partial charge < -0.3 is 10.2 Å². The van der Waals surface area contributed by atoms with Crippen LogP contribution in [0.1, 0.15) is 51.5 Å².